The molecule has 3 aromatic rings. The number of nitrogens with zero attached hydrogens (tertiary/aromatic N) is 2. The zero-order chi connectivity index (χ0) is 21.9. The van der Waals surface area contributed by atoms with Gasteiger partial charge in [0.05, 0.1) is 5.69 Å². The monoisotopic (exact) mass is 426 g/mol. The summed E-state index contributed by atoms with van der Waals surface area (Å²) in [6, 6.07) is 10.5. The van der Waals surface area contributed by atoms with Crippen molar-refractivity contribution in [1.82, 2.24) is 14.9 Å². The lowest BCUT2D eigenvalue weighted by Gasteiger charge is -2.20. The highest BCUT2D eigenvalue weighted by atomic mass is 32.2. The number of carbonyl (C=O) groups is 2. The van der Waals surface area contributed by atoms with E-state index in [1.54, 1.807) is 36.5 Å². The van der Waals surface area contributed by atoms with Crippen LogP contribution in [-0.2, 0) is 7.05 Å². The van der Waals surface area contributed by atoms with Crippen molar-refractivity contribution in [3.8, 4) is 0 Å². The Morgan fingerprint density at radius 2 is 1.67 bits per heavy atom. The van der Waals surface area contributed by atoms with Gasteiger partial charge in [0.1, 0.15) is 5.82 Å². The van der Waals surface area contributed by atoms with Gasteiger partial charge in [-0.25, -0.2) is 9.37 Å². The maximum Gasteiger partial charge on any atom is 0.255 e. The van der Waals surface area contributed by atoms with Gasteiger partial charge in [0.25, 0.3) is 11.8 Å². The highest BCUT2D eigenvalue weighted by molar-refractivity contribution is 7.99. The third-order valence-electron chi connectivity index (χ3n) is 4.07. The number of imidazole rings is 1. The van der Waals surface area contributed by atoms with Crippen LogP contribution >= 0.6 is 11.8 Å². The van der Waals surface area contributed by atoms with Gasteiger partial charge in [0.2, 0.25) is 0 Å². The fourth-order valence-corrected chi connectivity index (χ4v) is 3.49. The summed E-state index contributed by atoms with van der Waals surface area (Å²) in [5, 5.41) is 6.33. The van der Waals surface area contributed by atoms with Gasteiger partial charge < -0.3 is 15.2 Å². The third-order valence-corrected chi connectivity index (χ3v) is 5.22. The van der Waals surface area contributed by atoms with Crippen LogP contribution in [0.2, 0.25) is 0 Å². The number of benzene rings is 2. The largest absolute Gasteiger partial charge is 0.347 e. The van der Waals surface area contributed by atoms with Gasteiger partial charge >= 0.3 is 0 Å². The first-order valence-corrected chi connectivity index (χ1v) is 10.1. The van der Waals surface area contributed by atoms with E-state index >= 15 is 0 Å². The van der Waals surface area contributed by atoms with E-state index < -0.39 is 11.7 Å². The predicted octanol–water partition coefficient (Wildman–Crippen LogP) is 4.49. The number of hydrogen-bond acceptors (Lipinski definition) is 4. The Morgan fingerprint density at radius 1 is 1.03 bits per heavy atom. The molecule has 3 rings (SSSR count). The molecular formula is C22H23FN4O2S. The first kappa shape index (κ1) is 21.6. The summed E-state index contributed by atoms with van der Waals surface area (Å²) in [7, 11) is 1.86. The Kier molecular flexibility index (Phi) is 6.26. The van der Waals surface area contributed by atoms with Gasteiger partial charge in [-0.05, 0) is 75.0 Å². The highest BCUT2D eigenvalue weighted by Crippen LogP contribution is 2.33. The Bertz CT molecular complexity index is 1070. The number of aryl methyl sites for hydroxylation is 1. The third kappa shape index (κ3) is 5.48. The number of halogens is 1. The molecule has 1 aromatic heterocycles. The number of anilines is 1. The van der Waals surface area contributed by atoms with Crippen molar-refractivity contribution in [2.45, 2.75) is 36.4 Å². The van der Waals surface area contributed by atoms with Crippen LogP contribution in [0.1, 0.15) is 41.5 Å². The first-order valence-electron chi connectivity index (χ1n) is 9.31. The quantitative estimate of drug-likeness (QED) is 0.630. The standard InChI is InChI=1S/C22H23FN4O2S/c1-22(2,3)26-20(29)15-7-5-14(6-8-15)19(28)25-17-13-16(23)9-10-18(17)30-21-24-11-12-27(21)4/h5-13H,1-4H3,(H,25,28)(H,26,29). The summed E-state index contributed by atoms with van der Waals surface area (Å²) < 4.78 is 15.6. The molecular weight excluding hydrogens is 403 g/mol. The van der Waals surface area contributed by atoms with Gasteiger partial charge in [0.15, 0.2) is 5.16 Å². The fraction of sp³-hybridized carbons (Fsp3) is 0.227. The molecule has 156 valence electrons. The maximum atomic E-state index is 13.8. The van der Waals surface area contributed by atoms with E-state index in [9.17, 15) is 14.0 Å². The summed E-state index contributed by atoms with van der Waals surface area (Å²) in [5.74, 6) is -1.07. The molecule has 6 nitrogen and oxygen atoms in total. The van der Waals surface area contributed by atoms with E-state index in [4.69, 9.17) is 0 Å². The van der Waals surface area contributed by atoms with Crippen LogP contribution in [-0.4, -0.2) is 26.9 Å². The van der Waals surface area contributed by atoms with Crippen molar-refractivity contribution in [3.05, 3.63) is 71.8 Å². The van der Waals surface area contributed by atoms with E-state index in [0.717, 1.165) is 0 Å². The molecule has 0 saturated carbocycles. The zero-order valence-electron chi connectivity index (χ0n) is 17.2. The molecule has 2 aromatic carbocycles. The van der Waals surface area contributed by atoms with E-state index in [0.29, 0.717) is 26.9 Å². The normalized spacial score (nSPS) is 11.2. The van der Waals surface area contributed by atoms with Crippen LogP contribution in [0.25, 0.3) is 0 Å². The van der Waals surface area contributed by atoms with Crippen molar-refractivity contribution in [2.24, 2.45) is 7.05 Å². The molecule has 0 aliphatic rings. The van der Waals surface area contributed by atoms with Crippen LogP contribution in [0.4, 0.5) is 10.1 Å². The summed E-state index contributed by atoms with van der Waals surface area (Å²) >= 11 is 1.32. The lowest BCUT2D eigenvalue weighted by molar-refractivity contribution is 0.0918. The van der Waals surface area contributed by atoms with E-state index in [1.165, 1.54) is 23.9 Å². The minimum Gasteiger partial charge on any atom is -0.347 e. The van der Waals surface area contributed by atoms with Gasteiger partial charge in [-0.3, -0.25) is 9.59 Å². The van der Waals surface area contributed by atoms with Crippen LogP contribution < -0.4 is 10.6 Å². The van der Waals surface area contributed by atoms with Crippen molar-refractivity contribution < 1.29 is 14.0 Å². The molecule has 30 heavy (non-hydrogen) atoms. The Labute approximate surface area is 178 Å². The average molecular weight is 427 g/mol. The van der Waals surface area contributed by atoms with E-state index in [-0.39, 0.29) is 11.4 Å². The molecule has 0 aliphatic heterocycles. The minimum atomic E-state index is -0.455. The Balaban J connectivity index is 1.76. The van der Waals surface area contributed by atoms with Crippen molar-refractivity contribution >= 4 is 29.3 Å². The topological polar surface area (TPSA) is 76.0 Å². The van der Waals surface area contributed by atoms with Crippen molar-refractivity contribution in [1.29, 1.82) is 0 Å². The number of nitrogens with one attached hydrogen (secondary N) is 2. The minimum absolute atomic E-state index is 0.214. The Morgan fingerprint density at radius 3 is 2.23 bits per heavy atom. The molecule has 2 N–H and O–H groups in total. The molecule has 2 amide bonds. The number of rotatable bonds is 5. The second kappa shape index (κ2) is 8.71. The molecule has 0 atom stereocenters. The smallest absolute Gasteiger partial charge is 0.255 e. The number of hydrogen-bond donors (Lipinski definition) is 2. The summed E-state index contributed by atoms with van der Waals surface area (Å²) in [4.78, 5) is 29.8. The van der Waals surface area contributed by atoms with Crippen LogP contribution in [0.15, 0.2) is 64.9 Å². The molecule has 0 saturated heterocycles. The molecule has 1 heterocycles. The predicted molar refractivity (Wildman–Crippen MR) is 115 cm³/mol. The molecule has 8 heteroatoms. The van der Waals surface area contributed by atoms with Crippen LogP contribution in [0.3, 0.4) is 0 Å². The fourth-order valence-electron chi connectivity index (χ4n) is 2.62. The maximum absolute atomic E-state index is 13.8. The molecule has 0 spiro atoms. The van der Waals surface area contributed by atoms with Gasteiger partial charge in [-0.1, -0.05) is 0 Å². The average Bonchev–Trinajstić information content (AvgIpc) is 3.07. The van der Waals surface area contributed by atoms with E-state index in [2.05, 4.69) is 15.6 Å². The van der Waals surface area contributed by atoms with Crippen molar-refractivity contribution in [2.75, 3.05) is 5.32 Å². The summed E-state index contributed by atoms with van der Waals surface area (Å²) in [6.45, 7) is 5.69. The van der Waals surface area contributed by atoms with Crippen LogP contribution in [0.5, 0.6) is 0 Å². The SMILES string of the molecule is Cn1ccnc1Sc1ccc(F)cc1NC(=O)c1ccc(C(=O)NC(C)(C)C)cc1. The van der Waals surface area contributed by atoms with Crippen molar-refractivity contribution in [3.63, 3.8) is 0 Å². The lowest BCUT2D eigenvalue weighted by Crippen LogP contribution is -2.40. The van der Waals surface area contributed by atoms with E-state index in [1.807, 2.05) is 38.6 Å². The molecule has 0 unspecified atom stereocenters. The summed E-state index contributed by atoms with van der Waals surface area (Å²) in [5.41, 5.74) is 0.812. The molecule has 0 radical (unpaired) electrons. The zero-order valence-corrected chi connectivity index (χ0v) is 18.0. The molecule has 0 bridgehead atoms. The number of amides is 2. The highest BCUT2D eigenvalue weighted by Gasteiger charge is 2.17. The Hall–Kier alpha value is -3.13. The number of aromatic nitrogens is 2. The van der Waals surface area contributed by atoms with Gasteiger partial charge in [-0.15, -0.1) is 0 Å². The first-order chi connectivity index (χ1) is 14.1. The number of carbonyl (C=O) groups excluding carboxylic acids is 2. The second-order valence-electron chi connectivity index (χ2n) is 7.80. The van der Waals surface area contributed by atoms with Gasteiger partial charge in [0, 0.05) is 41.0 Å². The lowest BCUT2D eigenvalue weighted by atomic mass is 10.1. The second-order valence-corrected chi connectivity index (χ2v) is 8.81. The van der Waals surface area contributed by atoms with Crippen LogP contribution in [0, 0.1) is 5.82 Å². The summed E-state index contributed by atoms with van der Waals surface area (Å²) in [6.07, 6.45) is 3.48. The molecule has 0 aliphatic carbocycles. The van der Waals surface area contributed by atoms with Gasteiger partial charge in [-0.2, -0.15) is 0 Å². The molecule has 0 fully saturated rings.